The minimum atomic E-state index is -1.17. The molecule has 4 saturated carbocycles. The van der Waals surface area contributed by atoms with Gasteiger partial charge in [0.2, 0.25) is 0 Å². The molecule has 312 valence electrons. The number of carbonyl (C=O) groups excluding carboxylic acids is 2. The summed E-state index contributed by atoms with van der Waals surface area (Å²) in [5.74, 6) is 0.0748. The molecule has 0 amide bonds. The van der Waals surface area contributed by atoms with Crippen LogP contribution in [0.25, 0.3) is 0 Å². The van der Waals surface area contributed by atoms with Crippen LogP contribution in [0.5, 0.6) is 0 Å². The van der Waals surface area contributed by atoms with Gasteiger partial charge in [-0.25, -0.2) is 0 Å². The molecule has 9 atom stereocenters. The molecule has 0 aromatic heterocycles. The normalized spacial score (nSPS) is 35.9. The third kappa shape index (κ3) is 7.14. The Morgan fingerprint density at radius 1 is 0.893 bits per heavy atom. The van der Waals surface area contributed by atoms with E-state index in [0.29, 0.717) is 24.8 Å². The highest BCUT2D eigenvalue weighted by Crippen LogP contribution is 2.77. The summed E-state index contributed by atoms with van der Waals surface area (Å²) in [4.78, 5) is 43.8. The molecule has 5 aliphatic rings. The van der Waals surface area contributed by atoms with E-state index in [-0.39, 0.29) is 51.8 Å². The number of benzene rings is 1. The van der Waals surface area contributed by atoms with Crippen LogP contribution in [0, 0.1) is 56.2 Å². The Balaban J connectivity index is 1.29. The summed E-state index contributed by atoms with van der Waals surface area (Å²) in [6.45, 7) is 22.8. The minimum absolute atomic E-state index is 0.0161. The van der Waals surface area contributed by atoms with Gasteiger partial charge in [0.05, 0.1) is 17.9 Å². The third-order valence-electron chi connectivity index (χ3n) is 17.0. The van der Waals surface area contributed by atoms with Crippen LogP contribution in [0.15, 0.2) is 41.5 Å². The molecular weight excluding hydrogens is 701 g/mol. The van der Waals surface area contributed by atoms with Crippen LogP contribution in [0.1, 0.15) is 132 Å². The van der Waals surface area contributed by atoms with Gasteiger partial charge >= 0.3 is 11.9 Å². The molecule has 0 spiro atoms. The molecule has 8 heteroatoms. The van der Waals surface area contributed by atoms with Crippen LogP contribution in [-0.2, 0) is 25.7 Å². The van der Waals surface area contributed by atoms with Crippen molar-refractivity contribution < 1.29 is 29.3 Å². The number of rotatable bonds is 13. The Hall–Kier alpha value is -2.55. The highest BCUT2D eigenvalue weighted by Gasteiger charge is 2.71. The van der Waals surface area contributed by atoms with Crippen molar-refractivity contribution in [2.24, 2.45) is 56.2 Å². The zero-order valence-electron chi connectivity index (χ0n) is 36.7. The zero-order chi connectivity index (χ0) is 41.2. The van der Waals surface area contributed by atoms with Gasteiger partial charge in [-0.3, -0.25) is 19.3 Å². The summed E-state index contributed by atoms with van der Waals surface area (Å²) in [6.07, 6.45) is 7.28. The van der Waals surface area contributed by atoms with E-state index in [2.05, 4.69) is 96.6 Å². The number of aliphatic hydroxyl groups excluding tert-OH is 1. The lowest BCUT2D eigenvalue weighted by molar-refractivity contribution is -0.235. The first-order chi connectivity index (χ1) is 26.0. The van der Waals surface area contributed by atoms with E-state index >= 15 is 0 Å². The van der Waals surface area contributed by atoms with Gasteiger partial charge in [-0.15, -0.1) is 0 Å². The van der Waals surface area contributed by atoms with Crippen LogP contribution in [0.2, 0.25) is 0 Å². The van der Waals surface area contributed by atoms with E-state index < -0.39 is 28.9 Å². The lowest BCUT2D eigenvalue weighted by atomic mass is 9.33. The van der Waals surface area contributed by atoms with E-state index in [0.717, 1.165) is 76.6 Å². The van der Waals surface area contributed by atoms with Crippen LogP contribution < -0.4 is 0 Å². The van der Waals surface area contributed by atoms with Gasteiger partial charge in [-0.05, 0) is 130 Å². The largest absolute Gasteiger partial charge is 0.481 e. The summed E-state index contributed by atoms with van der Waals surface area (Å²) in [5, 5.41) is 22.3. The second kappa shape index (κ2) is 15.2. The molecule has 0 heterocycles. The molecular formula is C48H74N2O6. The fraction of sp³-hybridized carbons (Fsp3) is 0.771. The first-order valence-electron chi connectivity index (χ1n) is 21.8. The number of aliphatic hydroxyl groups is 1. The highest BCUT2D eigenvalue weighted by atomic mass is 16.5. The molecule has 1 aromatic carbocycles. The lowest BCUT2D eigenvalue weighted by Gasteiger charge is -2.72. The van der Waals surface area contributed by atoms with Gasteiger partial charge in [0.25, 0.3) is 0 Å². The van der Waals surface area contributed by atoms with Crippen molar-refractivity contribution in [1.82, 2.24) is 9.80 Å². The summed E-state index contributed by atoms with van der Waals surface area (Å²) in [6, 6.07) is 10.5. The molecule has 0 radical (unpaired) electrons. The predicted molar refractivity (Wildman–Crippen MR) is 222 cm³/mol. The molecule has 0 saturated heterocycles. The Bertz CT molecular complexity index is 1680. The molecule has 6 rings (SSSR count). The van der Waals surface area contributed by atoms with Crippen molar-refractivity contribution >= 4 is 17.7 Å². The van der Waals surface area contributed by atoms with E-state index in [1.807, 2.05) is 6.07 Å². The summed E-state index contributed by atoms with van der Waals surface area (Å²) in [7, 11) is 4.20. The van der Waals surface area contributed by atoms with Crippen LogP contribution in [-0.4, -0.2) is 83.7 Å². The average Bonchev–Trinajstić information content (AvgIpc) is 3.42. The monoisotopic (exact) mass is 775 g/mol. The number of ketones is 1. The molecule has 1 aromatic rings. The number of aliphatic carboxylic acids is 1. The average molecular weight is 775 g/mol. The number of Topliss-reactive ketones (excluding diaryl/α,β-unsaturated/α-hetero) is 1. The lowest BCUT2D eigenvalue weighted by Crippen LogP contribution is -2.66. The fourth-order valence-electron chi connectivity index (χ4n) is 13.7. The second-order valence-electron chi connectivity index (χ2n) is 21.6. The minimum Gasteiger partial charge on any atom is -0.481 e. The van der Waals surface area contributed by atoms with Crippen molar-refractivity contribution in [3.05, 3.63) is 47.0 Å². The Morgan fingerprint density at radius 3 is 2.20 bits per heavy atom. The number of likely N-dealkylation sites (N-methyl/N-ethyl adjacent to an activating group) is 1. The van der Waals surface area contributed by atoms with Gasteiger partial charge in [0, 0.05) is 43.4 Å². The number of ether oxygens (including phenoxy) is 1. The predicted octanol–water partition coefficient (Wildman–Crippen LogP) is 8.80. The van der Waals surface area contributed by atoms with Crippen LogP contribution in [0.3, 0.4) is 0 Å². The van der Waals surface area contributed by atoms with Crippen molar-refractivity contribution in [2.75, 3.05) is 33.7 Å². The Labute approximate surface area is 338 Å². The molecule has 3 unspecified atom stereocenters. The Morgan fingerprint density at radius 2 is 1.57 bits per heavy atom. The number of hydrogen-bond acceptors (Lipinski definition) is 7. The molecule has 56 heavy (non-hydrogen) atoms. The summed E-state index contributed by atoms with van der Waals surface area (Å²) >= 11 is 0. The SMILES string of the molecule is CC(C)C1=C2[C@H]3CC[C@@H]4[C@@]5(C)CC[C@H](OC(=O)CC(C)(C)C(=O)O)C(C)(C)C5CC[C@@]4(C)[C@]3(C)CCC2(C(O)CN(CCN(C)C)Cc2ccccc2)CC1=O. The standard InChI is InChI=1S/C48H74N2O6/c1-31(2)40-34(51)27-48(37(52)30-50(26-25-49(10)11)29-32-15-13-12-14-16-32)24-23-46(8)33(41(40)48)17-18-36-45(7)21-20-38(56-39(53)28-43(3,4)42(54)55)44(5,6)35(45)19-22-47(36,46)9/h12-16,31,33,35-38,52H,17-30H2,1-11H3,(H,54,55)/t33-,35?,36-,37?,38+,45+,46-,47-,48?/m1/s1. The third-order valence-corrected chi connectivity index (χ3v) is 17.0. The molecule has 2 N–H and O–H groups in total. The maximum Gasteiger partial charge on any atom is 0.309 e. The Kier molecular flexibility index (Phi) is 11.7. The van der Waals surface area contributed by atoms with Crippen molar-refractivity contribution in [2.45, 2.75) is 145 Å². The molecule has 0 bridgehead atoms. The van der Waals surface area contributed by atoms with Gasteiger partial charge in [0.1, 0.15) is 6.10 Å². The number of carboxylic acids is 1. The molecule has 4 fully saturated rings. The number of hydrogen-bond donors (Lipinski definition) is 2. The highest BCUT2D eigenvalue weighted by molar-refractivity contribution is 6.00. The van der Waals surface area contributed by atoms with Crippen LogP contribution >= 0.6 is 0 Å². The van der Waals surface area contributed by atoms with Gasteiger partial charge in [-0.2, -0.15) is 0 Å². The quantitative estimate of drug-likeness (QED) is 0.192. The maximum atomic E-state index is 14.3. The van der Waals surface area contributed by atoms with Crippen molar-refractivity contribution in [1.29, 1.82) is 0 Å². The van der Waals surface area contributed by atoms with Gasteiger partial charge in [0.15, 0.2) is 5.78 Å². The van der Waals surface area contributed by atoms with E-state index in [1.165, 1.54) is 11.1 Å². The van der Waals surface area contributed by atoms with E-state index in [9.17, 15) is 24.6 Å². The zero-order valence-corrected chi connectivity index (χ0v) is 36.7. The number of nitrogens with zero attached hydrogens (tertiary/aromatic N) is 2. The second-order valence-corrected chi connectivity index (χ2v) is 21.6. The number of carboxylic acid groups (broad SMARTS) is 1. The summed E-state index contributed by atoms with van der Waals surface area (Å²) in [5.41, 5.74) is 1.72. The number of carbonyl (C=O) groups is 3. The topological polar surface area (TPSA) is 107 Å². The molecule has 5 aliphatic carbocycles. The van der Waals surface area contributed by atoms with Crippen molar-refractivity contribution in [3.63, 3.8) is 0 Å². The van der Waals surface area contributed by atoms with E-state index in [1.54, 1.807) is 13.8 Å². The first-order valence-corrected chi connectivity index (χ1v) is 21.8. The summed E-state index contributed by atoms with van der Waals surface area (Å²) < 4.78 is 6.20. The molecule has 8 nitrogen and oxygen atoms in total. The fourth-order valence-corrected chi connectivity index (χ4v) is 13.7. The van der Waals surface area contributed by atoms with Crippen LogP contribution in [0.4, 0.5) is 0 Å². The van der Waals surface area contributed by atoms with Crippen molar-refractivity contribution in [3.8, 4) is 0 Å². The van der Waals surface area contributed by atoms with Gasteiger partial charge in [-0.1, -0.05) is 84.4 Å². The smallest absolute Gasteiger partial charge is 0.309 e. The number of allylic oxidation sites excluding steroid dienone is 1. The van der Waals surface area contributed by atoms with E-state index in [4.69, 9.17) is 4.74 Å². The molecule has 0 aliphatic heterocycles. The first kappa shape index (κ1) is 43.0. The van der Waals surface area contributed by atoms with Gasteiger partial charge < -0.3 is 19.8 Å². The maximum absolute atomic E-state index is 14.3. The number of fused-ring (bicyclic) bond motifs is 7. The number of esters is 1.